The minimum Gasteiger partial charge on any atom is -0.371 e. The van der Waals surface area contributed by atoms with Crippen molar-refractivity contribution in [1.82, 2.24) is 30.2 Å². The summed E-state index contributed by atoms with van der Waals surface area (Å²) < 4.78 is 7.75. The number of nitrogens with one attached hydrogen (secondary N) is 2. The van der Waals surface area contributed by atoms with Gasteiger partial charge in [0.1, 0.15) is 6.04 Å². The van der Waals surface area contributed by atoms with Crippen molar-refractivity contribution in [2.75, 3.05) is 33.2 Å². The van der Waals surface area contributed by atoms with Crippen molar-refractivity contribution in [3.05, 3.63) is 89.7 Å². The lowest BCUT2D eigenvalue weighted by atomic mass is 9.71. The molecule has 6 rings (SSSR count). The van der Waals surface area contributed by atoms with Crippen LogP contribution in [0.3, 0.4) is 0 Å². The lowest BCUT2D eigenvalue weighted by Gasteiger charge is -2.50. The van der Waals surface area contributed by atoms with E-state index in [2.05, 4.69) is 15.7 Å². The number of carbonyl (C=O) groups excluding carboxylic acids is 4. The van der Waals surface area contributed by atoms with Crippen molar-refractivity contribution in [2.24, 2.45) is 17.3 Å². The fraction of sp³-hybridized carbons (Fsp3) is 0.457. The maximum atomic E-state index is 14.0. The largest absolute Gasteiger partial charge is 0.371 e. The summed E-state index contributed by atoms with van der Waals surface area (Å²) in [4.78, 5) is 57.2. The van der Waals surface area contributed by atoms with E-state index in [0.717, 1.165) is 24.0 Å². The third kappa shape index (κ3) is 6.99. The number of amides is 4. The van der Waals surface area contributed by atoms with Gasteiger partial charge in [0.05, 0.1) is 36.9 Å². The average molecular weight is 627 g/mol. The van der Waals surface area contributed by atoms with Crippen LogP contribution in [0.5, 0.6) is 0 Å². The monoisotopic (exact) mass is 626 g/mol. The van der Waals surface area contributed by atoms with E-state index in [4.69, 9.17) is 4.74 Å². The van der Waals surface area contributed by atoms with E-state index in [1.165, 1.54) is 7.05 Å². The highest BCUT2D eigenvalue weighted by atomic mass is 16.5. The van der Waals surface area contributed by atoms with Crippen LogP contribution in [0.1, 0.15) is 47.7 Å². The Kier molecular flexibility index (Phi) is 9.21. The Labute approximate surface area is 269 Å². The van der Waals surface area contributed by atoms with Gasteiger partial charge in [-0.3, -0.25) is 23.9 Å². The molecule has 11 heteroatoms. The maximum absolute atomic E-state index is 14.0. The van der Waals surface area contributed by atoms with Crippen LogP contribution in [0.2, 0.25) is 0 Å². The van der Waals surface area contributed by atoms with E-state index in [1.807, 2.05) is 65.6 Å². The van der Waals surface area contributed by atoms with Crippen molar-refractivity contribution >= 4 is 23.6 Å². The Morgan fingerprint density at radius 1 is 0.957 bits per heavy atom. The van der Waals surface area contributed by atoms with E-state index in [1.54, 1.807) is 28.9 Å². The molecule has 4 amide bonds. The van der Waals surface area contributed by atoms with Crippen LogP contribution in [0, 0.1) is 17.3 Å². The standard InChI is InChI=1S/C35H42N6O5/c1-24(46-20-27-11-7-4-8-12-27)31(33(44)36-2)38-32(43)29-19-39(21-35(29)22-40(23-35)30(42)15-25-13-14-25)34(45)28-16-37-41(18-28)17-26-9-5-3-6-10-26/h3-12,16,18,24-25,29,31H,13-15,17,19-23H2,1-2H3,(H,36,44)(H,38,43)/t24-,29+,31+/m1/s1. The second-order valence-corrected chi connectivity index (χ2v) is 13.0. The first-order valence-corrected chi connectivity index (χ1v) is 16.1. The van der Waals surface area contributed by atoms with Gasteiger partial charge in [-0.2, -0.15) is 5.10 Å². The van der Waals surface area contributed by atoms with E-state index in [9.17, 15) is 19.2 Å². The van der Waals surface area contributed by atoms with Gasteiger partial charge in [-0.15, -0.1) is 0 Å². The molecule has 0 unspecified atom stereocenters. The van der Waals surface area contributed by atoms with Gasteiger partial charge < -0.3 is 25.2 Å². The van der Waals surface area contributed by atoms with Crippen LogP contribution in [0.25, 0.3) is 0 Å². The van der Waals surface area contributed by atoms with Gasteiger partial charge in [0, 0.05) is 51.3 Å². The molecule has 2 aromatic carbocycles. The second kappa shape index (κ2) is 13.5. The zero-order chi connectivity index (χ0) is 32.3. The fourth-order valence-corrected chi connectivity index (χ4v) is 6.61. The van der Waals surface area contributed by atoms with Crippen molar-refractivity contribution in [1.29, 1.82) is 0 Å². The van der Waals surface area contributed by atoms with Crippen molar-refractivity contribution in [2.45, 2.75) is 51.5 Å². The zero-order valence-electron chi connectivity index (χ0n) is 26.4. The molecule has 1 spiro atoms. The summed E-state index contributed by atoms with van der Waals surface area (Å²) in [7, 11) is 1.52. The Bertz CT molecular complexity index is 1550. The van der Waals surface area contributed by atoms with E-state index in [-0.39, 0.29) is 36.8 Å². The molecule has 0 bridgehead atoms. The summed E-state index contributed by atoms with van der Waals surface area (Å²) in [6.07, 6.45) is 5.38. The molecular formula is C35H42N6O5. The minimum atomic E-state index is -0.938. The summed E-state index contributed by atoms with van der Waals surface area (Å²) >= 11 is 0. The van der Waals surface area contributed by atoms with E-state index >= 15 is 0 Å². The molecule has 3 atom stereocenters. The number of ether oxygens (including phenoxy) is 1. The number of nitrogens with zero attached hydrogens (tertiary/aromatic N) is 4. The molecule has 1 aromatic heterocycles. The molecule has 1 saturated carbocycles. The number of hydrogen-bond donors (Lipinski definition) is 2. The summed E-state index contributed by atoms with van der Waals surface area (Å²) in [6.45, 7) is 3.91. The van der Waals surface area contributed by atoms with Crippen molar-refractivity contribution < 1.29 is 23.9 Å². The molecule has 2 N–H and O–H groups in total. The smallest absolute Gasteiger partial charge is 0.257 e. The van der Waals surface area contributed by atoms with Crippen molar-refractivity contribution in [3.63, 3.8) is 0 Å². The minimum absolute atomic E-state index is 0.102. The number of likely N-dealkylation sites (tertiary alicyclic amines) is 2. The number of aromatic nitrogens is 2. The lowest BCUT2D eigenvalue weighted by molar-refractivity contribution is -0.151. The Morgan fingerprint density at radius 3 is 2.26 bits per heavy atom. The van der Waals surface area contributed by atoms with Gasteiger partial charge in [0.25, 0.3) is 5.91 Å². The van der Waals surface area contributed by atoms with E-state index < -0.39 is 23.5 Å². The first kappa shape index (κ1) is 31.5. The number of benzene rings is 2. The molecule has 46 heavy (non-hydrogen) atoms. The first-order valence-electron chi connectivity index (χ1n) is 16.1. The van der Waals surface area contributed by atoms with E-state index in [0.29, 0.717) is 44.1 Å². The fourth-order valence-electron chi connectivity index (χ4n) is 6.61. The topological polar surface area (TPSA) is 126 Å². The van der Waals surface area contributed by atoms with Crippen LogP contribution in [0.15, 0.2) is 73.1 Å². The molecule has 242 valence electrons. The Hall–Kier alpha value is -4.51. The number of rotatable bonds is 12. The van der Waals surface area contributed by atoms with Gasteiger partial charge in [0.2, 0.25) is 17.7 Å². The Balaban J connectivity index is 1.16. The van der Waals surface area contributed by atoms with Crippen LogP contribution >= 0.6 is 0 Å². The van der Waals surface area contributed by atoms with Crippen molar-refractivity contribution in [3.8, 4) is 0 Å². The van der Waals surface area contributed by atoms with Gasteiger partial charge in [0.15, 0.2) is 0 Å². The predicted octanol–water partition coefficient (Wildman–Crippen LogP) is 2.47. The molecule has 3 heterocycles. The highest BCUT2D eigenvalue weighted by molar-refractivity contribution is 5.95. The third-order valence-corrected chi connectivity index (χ3v) is 9.50. The molecule has 2 saturated heterocycles. The highest BCUT2D eigenvalue weighted by Crippen LogP contribution is 2.45. The van der Waals surface area contributed by atoms with Gasteiger partial charge in [-0.25, -0.2) is 0 Å². The lowest BCUT2D eigenvalue weighted by Crippen LogP contribution is -2.65. The van der Waals surface area contributed by atoms with Gasteiger partial charge in [-0.1, -0.05) is 60.7 Å². The molecule has 3 fully saturated rings. The highest BCUT2D eigenvalue weighted by Gasteiger charge is 2.59. The third-order valence-electron chi connectivity index (χ3n) is 9.50. The number of likely N-dealkylation sites (N-methyl/N-ethyl adjacent to an activating group) is 1. The molecular weight excluding hydrogens is 584 g/mol. The van der Waals surface area contributed by atoms with Crippen LogP contribution in [0.4, 0.5) is 0 Å². The molecule has 3 aliphatic rings. The number of carbonyl (C=O) groups is 4. The quantitative estimate of drug-likeness (QED) is 0.318. The normalized spacial score (nSPS) is 19.7. The first-order chi connectivity index (χ1) is 22.2. The van der Waals surface area contributed by atoms with Crippen LogP contribution in [-0.2, 0) is 32.3 Å². The maximum Gasteiger partial charge on any atom is 0.257 e. The summed E-state index contributed by atoms with van der Waals surface area (Å²) in [5.41, 5.74) is 1.87. The van der Waals surface area contributed by atoms with Gasteiger partial charge in [-0.05, 0) is 36.8 Å². The second-order valence-electron chi connectivity index (χ2n) is 13.0. The van der Waals surface area contributed by atoms with Gasteiger partial charge >= 0.3 is 0 Å². The number of hydrogen-bond acceptors (Lipinski definition) is 6. The SMILES string of the molecule is CNC(=O)[C@@H](NC(=O)[C@@H]1CN(C(=O)c2cnn(Cc3ccccc3)c2)CC12CN(C(=O)CC1CC1)C2)[C@@H](C)OCc1ccccc1. The Morgan fingerprint density at radius 2 is 1.61 bits per heavy atom. The molecule has 11 nitrogen and oxygen atoms in total. The molecule has 1 aliphatic carbocycles. The molecule has 2 aliphatic heterocycles. The van der Waals surface area contributed by atoms with Crippen LogP contribution < -0.4 is 10.6 Å². The zero-order valence-corrected chi connectivity index (χ0v) is 26.4. The van der Waals surface area contributed by atoms with Crippen LogP contribution in [-0.4, -0.2) is 88.6 Å². The summed E-state index contributed by atoms with van der Waals surface area (Å²) in [6, 6.07) is 18.6. The predicted molar refractivity (Wildman–Crippen MR) is 170 cm³/mol. The summed E-state index contributed by atoms with van der Waals surface area (Å²) in [5.74, 6) is -0.940. The average Bonchev–Trinajstić information content (AvgIpc) is 3.58. The molecule has 3 aromatic rings. The summed E-state index contributed by atoms with van der Waals surface area (Å²) in [5, 5.41) is 10.00. The molecule has 0 radical (unpaired) electrons.